The van der Waals surface area contributed by atoms with Gasteiger partial charge in [0, 0.05) is 5.39 Å². The average molecular weight is 420 g/mol. The summed E-state index contributed by atoms with van der Waals surface area (Å²) in [5.74, 6) is 1.35. The third-order valence-electron chi connectivity index (χ3n) is 4.91. The molecule has 2 heterocycles. The first-order chi connectivity index (χ1) is 15.7. The first-order valence-corrected chi connectivity index (χ1v) is 9.88. The first kappa shape index (κ1) is 19.3. The molecule has 0 fully saturated rings. The lowest BCUT2D eigenvalue weighted by molar-refractivity contribution is 0.368. The molecule has 0 saturated carbocycles. The molecule has 0 bridgehead atoms. The van der Waals surface area contributed by atoms with Crippen LogP contribution in [0.3, 0.4) is 0 Å². The molecule has 2 aromatic heterocycles. The zero-order valence-electron chi connectivity index (χ0n) is 16.8. The van der Waals surface area contributed by atoms with Crippen LogP contribution < -0.4 is 10.3 Å². The molecule has 0 saturated heterocycles. The summed E-state index contributed by atoms with van der Waals surface area (Å²) in [5, 5.41) is 14.4. The van der Waals surface area contributed by atoms with Gasteiger partial charge in [-0.2, -0.15) is 15.0 Å². The van der Waals surface area contributed by atoms with Crippen molar-refractivity contribution < 1.29 is 9.15 Å². The van der Waals surface area contributed by atoms with Gasteiger partial charge < -0.3 is 9.15 Å². The van der Waals surface area contributed by atoms with E-state index in [-0.39, 0.29) is 12.2 Å². The molecule has 5 aromatic rings. The molecular formula is C25H16N4O3. The standard InChI is InChI=1S/C25H16N4O3/c26-13-14-31-19-11-9-17(10-12-19)16-27-29-24(23-15-18-5-1-4-8-22(18)32-23)28-21-7-3-2-6-20(21)25(29)30/h1-12,15-16H,14H2. The molecule has 0 aliphatic carbocycles. The molecule has 0 aliphatic heterocycles. The molecular weight excluding hydrogens is 404 g/mol. The van der Waals surface area contributed by atoms with Crippen LogP contribution >= 0.6 is 0 Å². The lowest BCUT2D eigenvalue weighted by Crippen LogP contribution is -2.20. The Morgan fingerprint density at radius 2 is 1.84 bits per heavy atom. The number of hydrogen-bond donors (Lipinski definition) is 0. The van der Waals surface area contributed by atoms with Gasteiger partial charge in [0.25, 0.3) is 5.56 Å². The summed E-state index contributed by atoms with van der Waals surface area (Å²) in [6.07, 6.45) is 1.57. The maximum absolute atomic E-state index is 13.2. The van der Waals surface area contributed by atoms with Crippen molar-refractivity contribution in [3.63, 3.8) is 0 Å². The van der Waals surface area contributed by atoms with Crippen LogP contribution in [0.2, 0.25) is 0 Å². The number of furan rings is 1. The first-order valence-electron chi connectivity index (χ1n) is 9.88. The molecule has 0 amide bonds. The van der Waals surface area contributed by atoms with Crippen molar-refractivity contribution in [1.29, 1.82) is 5.26 Å². The highest BCUT2D eigenvalue weighted by atomic mass is 16.5. The molecule has 7 nitrogen and oxygen atoms in total. The summed E-state index contributed by atoms with van der Waals surface area (Å²) in [5.41, 5.74) is 1.73. The minimum Gasteiger partial charge on any atom is -0.479 e. The molecule has 0 atom stereocenters. The molecule has 154 valence electrons. The molecule has 7 heteroatoms. The van der Waals surface area contributed by atoms with Gasteiger partial charge in [-0.1, -0.05) is 30.3 Å². The predicted octanol–water partition coefficient (Wildman–Crippen LogP) is 4.59. The van der Waals surface area contributed by atoms with Gasteiger partial charge in [-0.25, -0.2) is 4.98 Å². The predicted molar refractivity (Wildman–Crippen MR) is 122 cm³/mol. The SMILES string of the molecule is N#CCOc1ccc(C=Nn2c(-c3cc4ccccc4o3)nc3ccccc3c2=O)cc1. The summed E-state index contributed by atoms with van der Waals surface area (Å²) < 4.78 is 12.5. The van der Waals surface area contributed by atoms with E-state index in [1.807, 2.05) is 42.5 Å². The van der Waals surface area contributed by atoms with Crippen LogP contribution in [0.1, 0.15) is 5.56 Å². The van der Waals surface area contributed by atoms with E-state index >= 15 is 0 Å². The highest BCUT2D eigenvalue weighted by Crippen LogP contribution is 2.27. The lowest BCUT2D eigenvalue weighted by Gasteiger charge is -2.07. The number of nitrogens with zero attached hydrogens (tertiary/aromatic N) is 4. The number of rotatable bonds is 5. The second-order valence-electron chi connectivity index (χ2n) is 6.98. The second-order valence-corrected chi connectivity index (χ2v) is 6.98. The van der Waals surface area contributed by atoms with Crippen molar-refractivity contribution >= 4 is 28.1 Å². The molecule has 0 spiro atoms. The molecule has 0 aliphatic rings. The van der Waals surface area contributed by atoms with Crippen molar-refractivity contribution in [3.8, 4) is 23.4 Å². The van der Waals surface area contributed by atoms with Crippen molar-refractivity contribution in [2.45, 2.75) is 0 Å². The van der Waals surface area contributed by atoms with Gasteiger partial charge >= 0.3 is 0 Å². The van der Waals surface area contributed by atoms with Crippen LogP contribution in [0.25, 0.3) is 33.5 Å². The molecule has 32 heavy (non-hydrogen) atoms. The number of fused-ring (bicyclic) bond motifs is 2. The van der Waals surface area contributed by atoms with Gasteiger partial charge in [-0.3, -0.25) is 4.79 Å². The topological polar surface area (TPSA) is 93.4 Å². The van der Waals surface area contributed by atoms with E-state index in [9.17, 15) is 4.79 Å². The summed E-state index contributed by atoms with van der Waals surface area (Å²) in [6.45, 7) is -0.0214. The van der Waals surface area contributed by atoms with E-state index in [0.29, 0.717) is 33.8 Å². The van der Waals surface area contributed by atoms with Crippen molar-refractivity contribution in [3.05, 3.63) is 94.8 Å². The summed E-state index contributed by atoms with van der Waals surface area (Å²) in [7, 11) is 0. The van der Waals surface area contributed by atoms with Gasteiger partial charge in [-0.15, -0.1) is 0 Å². The van der Waals surface area contributed by atoms with Crippen molar-refractivity contribution in [2.24, 2.45) is 5.10 Å². The quantitative estimate of drug-likeness (QED) is 0.388. The van der Waals surface area contributed by atoms with Gasteiger partial charge in [-0.05, 0) is 54.1 Å². The molecule has 0 radical (unpaired) electrons. The Morgan fingerprint density at radius 3 is 2.66 bits per heavy atom. The molecule has 0 N–H and O–H groups in total. The Labute approximate surface area is 182 Å². The normalized spacial score (nSPS) is 11.2. The van der Waals surface area contributed by atoms with E-state index in [0.717, 1.165) is 10.9 Å². The fourth-order valence-electron chi connectivity index (χ4n) is 3.37. The Hall–Kier alpha value is -4.70. The number of para-hydroxylation sites is 2. The Kier molecular flexibility index (Phi) is 4.94. The fraction of sp³-hybridized carbons (Fsp3) is 0.0400. The van der Waals surface area contributed by atoms with Crippen LogP contribution in [0.4, 0.5) is 0 Å². The van der Waals surface area contributed by atoms with E-state index in [4.69, 9.17) is 14.4 Å². The lowest BCUT2D eigenvalue weighted by atomic mass is 10.2. The van der Waals surface area contributed by atoms with Gasteiger partial charge in [0.15, 0.2) is 12.4 Å². The number of benzene rings is 3. The number of nitriles is 1. The minimum atomic E-state index is -0.295. The summed E-state index contributed by atoms with van der Waals surface area (Å²) >= 11 is 0. The largest absolute Gasteiger partial charge is 0.479 e. The monoisotopic (exact) mass is 420 g/mol. The zero-order valence-corrected chi connectivity index (χ0v) is 16.8. The third-order valence-corrected chi connectivity index (χ3v) is 4.91. The Morgan fingerprint density at radius 1 is 1.06 bits per heavy atom. The smallest absolute Gasteiger partial charge is 0.282 e. The fourth-order valence-corrected chi connectivity index (χ4v) is 3.37. The van der Waals surface area contributed by atoms with Crippen LogP contribution in [-0.4, -0.2) is 22.5 Å². The van der Waals surface area contributed by atoms with Gasteiger partial charge in [0.05, 0.1) is 17.1 Å². The van der Waals surface area contributed by atoms with Crippen LogP contribution in [0.5, 0.6) is 5.75 Å². The number of aromatic nitrogens is 2. The maximum Gasteiger partial charge on any atom is 0.282 e. The number of hydrogen-bond acceptors (Lipinski definition) is 6. The van der Waals surface area contributed by atoms with Crippen LogP contribution in [-0.2, 0) is 0 Å². The Bertz CT molecular complexity index is 1520. The van der Waals surface area contributed by atoms with E-state index in [1.165, 1.54) is 4.68 Å². The molecule has 0 unspecified atom stereocenters. The molecule has 5 rings (SSSR count). The van der Waals surface area contributed by atoms with Crippen LogP contribution in [0.15, 0.2) is 93.2 Å². The summed E-state index contributed by atoms with van der Waals surface area (Å²) in [4.78, 5) is 17.9. The highest BCUT2D eigenvalue weighted by molar-refractivity contribution is 5.84. The van der Waals surface area contributed by atoms with Crippen molar-refractivity contribution in [2.75, 3.05) is 6.61 Å². The van der Waals surface area contributed by atoms with Gasteiger partial charge in [0.1, 0.15) is 17.4 Å². The van der Waals surface area contributed by atoms with E-state index < -0.39 is 0 Å². The van der Waals surface area contributed by atoms with Gasteiger partial charge in [0.2, 0.25) is 5.82 Å². The third kappa shape index (κ3) is 3.61. The highest BCUT2D eigenvalue weighted by Gasteiger charge is 2.16. The molecule has 3 aromatic carbocycles. The average Bonchev–Trinajstić information content (AvgIpc) is 3.27. The minimum absolute atomic E-state index is 0.0214. The number of ether oxygens (including phenoxy) is 1. The summed E-state index contributed by atoms with van der Waals surface area (Å²) in [6, 6.07) is 25.6. The maximum atomic E-state index is 13.2. The van der Waals surface area contributed by atoms with Crippen molar-refractivity contribution in [1.82, 2.24) is 9.66 Å². The van der Waals surface area contributed by atoms with Crippen LogP contribution in [0, 0.1) is 11.3 Å². The van der Waals surface area contributed by atoms with E-state index in [1.54, 1.807) is 48.7 Å². The Balaban J connectivity index is 1.62. The zero-order chi connectivity index (χ0) is 21.9. The second kappa shape index (κ2) is 8.20. The van der Waals surface area contributed by atoms with E-state index in [2.05, 4.69) is 10.1 Å².